The zero-order valence-corrected chi connectivity index (χ0v) is 16.8. The summed E-state index contributed by atoms with van der Waals surface area (Å²) < 4.78 is 5.58. The highest BCUT2D eigenvalue weighted by Gasteiger charge is 2.28. The third kappa shape index (κ3) is 5.00. The Labute approximate surface area is 176 Å². The van der Waals surface area contributed by atoms with Crippen LogP contribution >= 0.6 is 0 Å². The molecule has 0 bridgehead atoms. The highest BCUT2D eigenvalue weighted by molar-refractivity contribution is 5.95. The van der Waals surface area contributed by atoms with Gasteiger partial charge in [0, 0.05) is 17.7 Å². The summed E-state index contributed by atoms with van der Waals surface area (Å²) >= 11 is 0. The zero-order valence-electron chi connectivity index (χ0n) is 16.8. The second-order valence-electron chi connectivity index (χ2n) is 7.61. The number of amides is 2. The molecule has 30 heavy (non-hydrogen) atoms. The molecule has 2 amide bonds. The molecule has 4 rings (SSSR count). The van der Waals surface area contributed by atoms with E-state index in [1.165, 1.54) is 0 Å². The summed E-state index contributed by atoms with van der Waals surface area (Å²) in [5.74, 6) is 0.492. The van der Waals surface area contributed by atoms with Crippen molar-refractivity contribution in [3.05, 3.63) is 71.3 Å². The van der Waals surface area contributed by atoms with Gasteiger partial charge in [-0.25, -0.2) is 0 Å². The van der Waals surface area contributed by atoms with Gasteiger partial charge >= 0.3 is 0 Å². The summed E-state index contributed by atoms with van der Waals surface area (Å²) in [6, 6.07) is 17.1. The first-order valence-corrected chi connectivity index (χ1v) is 10.4. The largest absolute Gasteiger partial charge is 0.493 e. The summed E-state index contributed by atoms with van der Waals surface area (Å²) in [7, 11) is 0. The number of nitrogens with zero attached hydrogens (tertiary/aromatic N) is 2. The number of benzene rings is 2. The van der Waals surface area contributed by atoms with Crippen molar-refractivity contribution in [2.75, 3.05) is 11.9 Å². The molecule has 2 aliphatic rings. The molecule has 0 spiro atoms. The minimum absolute atomic E-state index is 0.0803. The molecule has 1 heterocycles. The standard InChI is InChI=1S/C24H25N3O3/c28-23(13-14-30-19-9-2-1-3-10-19)25-18-8-6-7-17(15-18)16-22-20-11-4-5-12-21(20)24(29)27-26-22/h1-3,6-10,15,22H,4-5,11-14,16H2,(H,25,28). The van der Waals surface area contributed by atoms with E-state index in [0.717, 1.165) is 53.8 Å². The Bertz CT molecular complexity index is 982. The molecule has 0 aromatic heterocycles. The van der Waals surface area contributed by atoms with E-state index in [2.05, 4.69) is 15.5 Å². The fourth-order valence-electron chi connectivity index (χ4n) is 3.96. The van der Waals surface area contributed by atoms with E-state index in [1.807, 2.05) is 54.6 Å². The average Bonchev–Trinajstić information content (AvgIpc) is 2.77. The molecule has 0 saturated heterocycles. The van der Waals surface area contributed by atoms with Crippen molar-refractivity contribution in [2.45, 2.75) is 44.6 Å². The van der Waals surface area contributed by atoms with Crippen LogP contribution < -0.4 is 10.1 Å². The molecule has 154 valence electrons. The monoisotopic (exact) mass is 403 g/mol. The maximum atomic E-state index is 12.3. The van der Waals surface area contributed by atoms with Crippen molar-refractivity contribution in [1.82, 2.24) is 0 Å². The summed E-state index contributed by atoms with van der Waals surface area (Å²) in [5, 5.41) is 11.1. The van der Waals surface area contributed by atoms with Crippen molar-refractivity contribution >= 4 is 17.5 Å². The summed E-state index contributed by atoms with van der Waals surface area (Å²) in [6.07, 6.45) is 4.82. The van der Waals surface area contributed by atoms with Crippen molar-refractivity contribution in [1.29, 1.82) is 0 Å². The highest BCUT2D eigenvalue weighted by atomic mass is 16.5. The Morgan fingerprint density at radius 1 is 1.07 bits per heavy atom. The number of hydrogen-bond donors (Lipinski definition) is 1. The molecule has 0 radical (unpaired) electrons. The molecule has 6 nitrogen and oxygen atoms in total. The molecule has 1 aliphatic carbocycles. The van der Waals surface area contributed by atoms with Gasteiger partial charge in [-0.15, -0.1) is 5.11 Å². The molecule has 2 aromatic rings. The van der Waals surface area contributed by atoms with E-state index in [9.17, 15) is 9.59 Å². The van der Waals surface area contributed by atoms with Gasteiger partial charge in [-0.2, -0.15) is 5.11 Å². The average molecular weight is 403 g/mol. The molecular formula is C24H25N3O3. The van der Waals surface area contributed by atoms with Crippen LogP contribution in [0.5, 0.6) is 5.75 Å². The van der Waals surface area contributed by atoms with Crippen molar-refractivity contribution in [2.24, 2.45) is 10.2 Å². The molecule has 2 aromatic carbocycles. The van der Waals surface area contributed by atoms with Gasteiger partial charge in [0.05, 0.1) is 19.1 Å². The van der Waals surface area contributed by atoms with Gasteiger partial charge in [-0.05, 0) is 61.1 Å². The molecular weight excluding hydrogens is 378 g/mol. The number of rotatable bonds is 7. The first-order chi connectivity index (χ1) is 14.7. The maximum absolute atomic E-state index is 12.3. The lowest BCUT2D eigenvalue weighted by Crippen LogP contribution is -2.23. The van der Waals surface area contributed by atoms with Gasteiger partial charge in [0.1, 0.15) is 5.75 Å². The maximum Gasteiger partial charge on any atom is 0.291 e. The van der Waals surface area contributed by atoms with Gasteiger partial charge in [0.25, 0.3) is 5.91 Å². The fourth-order valence-corrected chi connectivity index (χ4v) is 3.96. The van der Waals surface area contributed by atoms with E-state index in [4.69, 9.17) is 4.74 Å². The minimum atomic E-state index is -0.167. The van der Waals surface area contributed by atoms with Crippen LogP contribution in [0.2, 0.25) is 0 Å². The topological polar surface area (TPSA) is 80.1 Å². The second-order valence-corrected chi connectivity index (χ2v) is 7.61. The number of azo groups is 1. The molecule has 1 unspecified atom stereocenters. The predicted octanol–water partition coefficient (Wildman–Crippen LogP) is 4.87. The quantitative estimate of drug-likeness (QED) is 0.716. The highest BCUT2D eigenvalue weighted by Crippen LogP contribution is 2.33. The Morgan fingerprint density at radius 3 is 2.77 bits per heavy atom. The SMILES string of the molecule is O=C(CCOc1ccccc1)Nc1cccc(CC2N=NC(=O)C3=C2CCCC3)c1. The lowest BCUT2D eigenvalue weighted by Gasteiger charge is -2.25. The van der Waals surface area contributed by atoms with Crippen LogP contribution in [0.4, 0.5) is 5.69 Å². The number of anilines is 1. The van der Waals surface area contributed by atoms with Crippen LogP contribution in [-0.4, -0.2) is 24.5 Å². The molecule has 0 saturated carbocycles. The van der Waals surface area contributed by atoms with Crippen LogP contribution in [0.1, 0.15) is 37.7 Å². The van der Waals surface area contributed by atoms with Crippen LogP contribution in [0, 0.1) is 0 Å². The van der Waals surface area contributed by atoms with E-state index in [1.54, 1.807) is 0 Å². The van der Waals surface area contributed by atoms with Gasteiger partial charge in [-0.3, -0.25) is 9.59 Å². The molecule has 6 heteroatoms. The normalized spacial score (nSPS) is 18.1. The molecule has 1 atom stereocenters. The summed E-state index contributed by atoms with van der Waals surface area (Å²) in [6.45, 7) is 0.322. The number of hydrogen-bond acceptors (Lipinski definition) is 4. The zero-order chi connectivity index (χ0) is 20.8. The van der Waals surface area contributed by atoms with Crippen LogP contribution in [0.15, 0.2) is 76.0 Å². The Balaban J connectivity index is 1.33. The van der Waals surface area contributed by atoms with E-state index >= 15 is 0 Å². The van der Waals surface area contributed by atoms with Crippen LogP contribution in [0.3, 0.4) is 0 Å². The number of carbonyl (C=O) groups is 2. The Morgan fingerprint density at radius 2 is 1.90 bits per heavy atom. The van der Waals surface area contributed by atoms with E-state index in [-0.39, 0.29) is 24.3 Å². The Kier molecular flexibility index (Phi) is 6.32. The fraction of sp³-hybridized carbons (Fsp3) is 0.333. The first-order valence-electron chi connectivity index (χ1n) is 10.4. The number of ether oxygens (including phenoxy) is 1. The molecule has 0 fully saturated rings. The lowest BCUT2D eigenvalue weighted by atomic mass is 9.84. The molecule has 1 N–H and O–H groups in total. The minimum Gasteiger partial charge on any atom is -0.493 e. The second kappa shape index (κ2) is 9.48. The van der Waals surface area contributed by atoms with Gasteiger partial charge in [0.15, 0.2) is 0 Å². The van der Waals surface area contributed by atoms with Gasteiger partial charge in [-0.1, -0.05) is 30.3 Å². The number of carbonyl (C=O) groups excluding carboxylic acids is 2. The number of para-hydroxylation sites is 1. The smallest absolute Gasteiger partial charge is 0.291 e. The van der Waals surface area contributed by atoms with Crippen molar-refractivity contribution < 1.29 is 14.3 Å². The van der Waals surface area contributed by atoms with Crippen molar-refractivity contribution in [3.8, 4) is 5.75 Å². The molecule has 1 aliphatic heterocycles. The third-order valence-corrected chi connectivity index (χ3v) is 5.44. The Hall–Kier alpha value is -3.28. The van der Waals surface area contributed by atoms with Gasteiger partial charge < -0.3 is 10.1 Å². The van der Waals surface area contributed by atoms with Gasteiger partial charge in [0.2, 0.25) is 5.91 Å². The van der Waals surface area contributed by atoms with Crippen LogP contribution in [-0.2, 0) is 16.0 Å². The van der Waals surface area contributed by atoms with Crippen molar-refractivity contribution in [3.63, 3.8) is 0 Å². The number of nitrogens with one attached hydrogen (secondary N) is 1. The summed E-state index contributed by atoms with van der Waals surface area (Å²) in [5.41, 5.74) is 3.82. The van der Waals surface area contributed by atoms with E-state index < -0.39 is 0 Å². The first kappa shape index (κ1) is 20.0. The van der Waals surface area contributed by atoms with E-state index in [0.29, 0.717) is 13.0 Å². The third-order valence-electron chi connectivity index (χ3n) is 5.44. The van der Waals surface area contributed by atoms with Crippen LogP contribution in [0.25, 0.3) is 0 Å². The lowest BCUT2D eigenvalue weighted by molar-refractivity contribution is -0.117. The summed E-state index contributed by atoms with van der Waals surface area (Å²) in [4.78, 5) is 24.3. The predicted molar refractivity (Wildman–Crippen MR) is 114 cm³/mol.